The monoisotopic (exact) mass is 300 g/mol. The number of hydrogen-bond acceptors (Lipinski definition) is 4. The van der Waals surface area contributed by atoms with Crippen molar-refractivity contribution in [3.63, 3.8) is 0 Å². The van der Waals surface area contributed by atoms with Crippen LogP contribution >= 0.6 is 15.9 Å². The molecule has 0 aromatic carbocycles. The third-order valence-electron chi connectivity index (χ3n) is 2.47. The van der Waals surface area contributed by atoms with Crippen molar-refractivity contribution in [3.8, 4) is 0 Å². The highest BCUT2D eigenvalue weighted by Gasteiger charge is 2.19. The summed E-state index contributed by atoms with van der Waals surface area (Å²) >= 11 is 3.54. The van der Waals surface area contributed by atoms with Crippen LogP contribution in [0.1, 0.15) is 40.5 Å². The van der Waals surface area contributed by atoms with E-state index in [1.807, 2.05) is 6.92 Å². The average Bonchev–Trinajstić information content (AvgIpc) is 2.24. The van der Waals surface area contributed by atoms with E-state index in [2.05, 4.69) is 57.3 Å². The summed E-state index contributed by atoms with van der Waals surface area (Å²) in [5.74, 6) is 1.67. The van der Waals surface area contributed by atoms with E-state index in [1.54, 1.807) is 6.33 Å². The van der Waals surface area contributed by atoms with E-state index in [9.17, 15) is 0 Å². The molecule has 0 aliphatic rings. The Morgan fingerprint density at radius 3 is 2.47 bits per heavy atom. The number of hydrogen-bond donors (Lipinski definition) is 2. The largest absolute Gasteiger partial charge is 0.369 e. The molecule has 0 radical (unpaired) electrons. The summed E-state index contributed by atoms with van der Waals surface area (Å²) < 4.78 is 0.894. The first-order valence-corrected chi connectivity index (χ1v) is 6.82. The van der Waals surface area contributed by atoms with Gasteiger partial charge in [0.1, 0.15) is 22.4 Å². The second kappa shape index (κ2) is 6.19. The van der Waals surface area contributed by atoms with Gasteiger partial charge in [0.2, 0.25) is 0 Å². The van der Waals surface area contributed by atoms with Crippen LogP contribution in [-0.2, 0) is 0 Å². The van der Waals surface area contributed by atoms with Crippen LogP contribution < -0.4 is 10.6 Å². The Bertz CT molecular complexity index is 366. The highest BCUT2D eigenvalue weighted by Crippen LogP contribution is 2.29. The van der Waals surface area contributed by atoms with Crippen LogP contribution in [0.5, 0.6) is 0 Å². The lowest BCUT2D eigenvalue weighted by molar-refractivity contribution is 0.508. The Balaban J connectivity index is 2.87. The fourth-order valence-electron chi connectivity index (χ4n) is 1.76. The maximum absolute atomic E-state index is 4.28. The number of rotatable bonds is 6. The number of nitrogens with zero attached hydrogens (tertiary/aromatic N) is 2. The number of anilines is 2. The minimum Gasteiger partial charge on any atom is -0.369 e. The van der Waals surface area contributed by atoms with Gasteiger partial charge in [-0.3, -0.25) is 0 Å². The molecule has 96 valence electrons. The van der Waals surface area contributed by atoms with Crippen molar-refractivity contribution in [2.75, 3.05) is 17.2 Å². The van der Waals surface area contributed by atoms with Gasteiger partial charge in [0.05, 0.1) is 0 Å². The Kier molecular flexibility index (Phi) is 5.18. The SMILES string of the molecule is CCCC(C)(C)Nc1ncnc(NCC)c1Br. The zero-order chi connectivity index (χ0) is 12.9. The predicted molar refractivity (Wildman–Crippen MR) is 76.5 cm³/mol. The van der Waals surface area contributed by atoms with Gasteiger partial charge in [0.15, 0.2) is 0 Å². The summed E-state index contributed by atoms with van der Waals surface area (Å²) in [6, 6.07) is 0. The van der Waals surface area contributed by atoms with E-state index in [1.165, 1.54) is 0 Å². The molecule has 1 heterocycles. The van der Waals surface area contributed by atoms with Crippen LogP contribution in [0.15, 0.2) is 10.8 Å². The summed E-state index contributed by atoms with van der Waals surface area (Å²) in [7, 11) is 0. The molecule has 0 saturated carbocycles. The number of halogens is 1. The summed E-state index contributed by atoms with van der Waals surface area (Å²) in [5, 5.41) is 6.64. The van der Waals surface area contributed by atoms with E-state index >= 15 is 0 Å². The molecule has 0 atom stereocenters. The first kappa shape index (κ1) is 14.2. The standard InChI is InChI=1S/C12H21BrN4/c1-5-7-12(3,4)17-11-9(13)10(14-6-2)15-8-16-11/h8H,5-7H2,1-4H3,(H2,14,15,16,17). The molecular weight excluding hydrogens is 280 g/mol. The Hall–Kier alpha value is -0.840. The fourth-order valence-corrected chi connectivity index (χ4v) is 2.20. The van der Waals surface area contributed by atoms with Crippen molar-refractivity contribution in [1.29, 1.82) is 0 Å². The van der Waals surface area contributed by atoms with E-state index in [4.69, 9.17) is 0 Å². The number of aromatic nitrogens is 2. The normalized spacial score (nSPS) is 11.4. The van der Waals surface area contributed by atoms with Crippen LogP contribution in [0.2, 0.25) is 0 Å². The maximum atomic E-state index is 4.28. The van der Waals surface area contributed by atoms with Gasteiger partial charge in [-0.15, -0.1) is 0 Å². The molecule has 0 aliphatic heterocycles. The van der Waals surface area contributed by atoms with Crippen LogP contribution in [0.25, 0.3) is 0 Å². The third-order valence-corrected chi connectivity index (χ3v) is 3.22. The molecule has 0 aliphatic carbocycles. The van der Waals surface area contributed by atoms with Crippen LogP contribution in [0, 0.1) is 0 Å². The van der Waals surface area contributed by atoms with E-state index in [0.717, 1.165) is 35.5 Å². The summed E-state index contributed by atoms with van der Waals surface area (Å²) in [6.45, 7) is 9.43. The summed E-state index contributed by atoms with van der Waals surface area (Å²) in [4.78, 5) is 8.48. The lowest BCUT2D eigenvalue weighted by Gasteiger charge is -2.27. The zero-order valence-electron chi connectivity index (χ0n) is 11.0. The van der Waals surface area contributed by atoms with Gasteiger partial charge in [-0.1, -0.05) is 13.3 Å². The summed E-state index contributed by atoms with van der Waals surface area (Å²) in [6.07, 6.45) is 3.82. The van der Waals surface area contributed by atoms with Gasteiger partial charge in [-0.25, -0.2) is 9.97 Å². The third kappa shape index (κ3) is 4.15. The van der Waals surface area contributed by atoms with E-state index < -0.39 is 0 Å². The highest BCUT2D eigenvalue weighted by atomic mass is 79.9. The number of nitrogens with one attached hydrogen (secondary N) is 2. The van der Waals surface area contributed by atoms with Gasteiger partial charge in [0.25, 0.3) is 0 Å². The maximum Gasteiger partial charge on any atom is 0.146 e. The van der Waals surface area contributed by atoms with E-state index in [-0.39, 0.29) is 5.54 Å². The second-order valence-electron chi connectivity index (χ2n) is 4.67. The molecule has 1 rings (SSSR count). The zero-order valence-corrected chi connectivity index (χ0v) is 12.6. The van der Waals surface area contributed by atoms with Gasteiger partial charge >= 0.3 is 0 Å². The van der Waals surface area contributed by atoms with Crippen molar-refractivity contribution in [2.24, 2.45) is 0 Å². The second-order valence-corrected chi connectivity index (χ2v) is 5.47. The lowest BCUT2D eigenvalue weighted by atomic mass is 9.99. The molecule has 0 saturated heterocycles. The molecule has 2 N–H and O–H groups in total. The quantitative estimate of drug-likeness (QED) is 0.842. The van der Waals surface area contributed by atoms with Crippen molar-refractivity contribution in [1.82, 2.24) is 9.97 Å². The molecule has 0 amide bonds. The Morgan fingerprint density at radius 1 is 1.24 bits per heavy atom. The van der Waals surface area contributed by atoms with Gasteiger partial charge in [0, 0.05) is 12.1 Å². The minimum absolute atomic E-state index is 0.0368. The molecule has 1 aromatic heterocycles. The van der Waals surface area contributed by atoms with Crippen LogP contribution in [0.4, 0.5) is 11.6 Å². The summed E-state index contributed by atoms with van der Waals surface area (Å²) in [5.41, 5.74) is 0.0368. The van der Waals surface area contributed by atoms with Gasteiger partial charge in [-0.05, 0) is 43.1 Å². The lowest BCUT2D eigenvalue weighted by Crippen LogP contribution is -2.31. The predicted octanol–water partition coefficient (Wildman–Crippen LogP) is 3.66. The molecular formula is C12H21BrN4. The minimum atomic E-state index is 0.0368. The van der Waals surface area contributed by atoms with Crippen LogP contribution in [-0.4, -0.2) is 22.1 Å². The van der Waals surface area contributed by atoms with Crippen molar-refractivity contribution in [3.05, 3.63) is 10.8 Å². The van der Waals surface area contributed by atoms with Crippen molar-refractivity contribution < 1.29 is 0 Å². The Labute approximate surface area is 112 Å². The average molecular weight is 301 g/mol. The van der Waals surface area contributed by atoms with Crippen LogP contribution in [0.3, 0.4) is 0 Å². The topological polar surface area (TPSA) is 49.8 Å². The van der Waals surface area contributed by atoms with Crippen molar-refractivity contribution >= 4 is 27.6 Å². The van der Waals surface area contributed by atoms with E-state index in [0.29, 0.717) is 0 Å². The van der Waals surface area contributed by atoms with Gasteiger partial charge in [-0.2, -0.15) is 0 Å². The highest BCUT2D eigenvalue weighted by molar-refractivity contribution is 9.10. The molecule has 1 aromatic rings. The molecule has 0 spiro atoms. The molecule has 4 nitrogen and oxygen atoms in total. The molecule has 5 heteroatoms. The fraction of sp³-hybridized carbons (Fsp3) is 0.667. The molecule has 0 fully saturated rings. The molecule has 17 heavy (non-hydrogen) atoms. The first-order chi connectivity index (χ1) is 8.00. The molecule has 0 bridgehead atoms. The first-order valence-electron chi connectivity index (χ1n) is 6.02. The Morgan fingerprint density at radius 2 is 1.88 bits per heavy atom. The molecule has 0 unspecified atom stereocenters. The smallest absolute Gasteiger partial charge is 0.146 e. The van der Waals surface area contributed by atoms with Gasteiger partial charge < -0.3 is 10.6 Å². The van der Waals surface area contributed by atoms with Crippen molar-refractivity contribution in [2.45, 2.75) is 46.1 Å².